The van der Waals surface area contributed by atoms with Gasteiger partial charge in [0, 0.05) is 38.9 Å². The van der Waals surface area contributed by atoms with E-state index in [1.165, 1.54) is 5.56 Å². The van der Waals surface area contributed by atoms with Gasteiger partial charge >= 0.3 is 5.97 Å². The molecule has 1 aliphatic heterocycles. The molecular formula is C28H33N3O4. The molecule has 0 amide bonds. The second kappa shape index (κ2) is 11.7. The average molecular weight is 476 g/mol. The summed E-state index contributed by atoms with van der Waals surface area (Å²) in [5.74, 6) is 1.84. The number of piperazine rings is 1. The molecule has 2 heterocycles. The normalized spacial score (nSPS) is 14.1. The van der Waals surface area contributed by atoms with E-state index in [4.69, 9.17) is 14.2 Å². The van der Waals surface area contributed by atoms with Crippen molar-refractivity contribution in [2.75, 3.05) is 38.2 Å². The summed E-state index contributed by atoms with van der Waals surface area (Å²) in [4.78, 5) is 21.6. The summed E-state index contributed by atoms with van der Waals surface area (Å²) >= 11 is 0. The van der Waals surface area contributed by atoms with Crippen molar-refractivity contribution >= 4 is 11.8 Å². The number of hydrogen-bond donors (Lipinski definition) is 0. The van der Waals surface area contributed by atoms with Gasteiger partial charge in [-0.25, -0.2) is 9.78 Å². The SMILES string of the molecule is COc1cc(CN2CCN(c3ncccc3C(=O)OC(C)C)CC2)ccc1OCc1ccccc1. The van der Waals surface area contributed by atoms with E-state index in [9.17, 15) is 4.79 Å². The fourth-order valence-electron chi connectivity index (χ4n) is 4.13. The summed E-state index contributed by atoms with van der Waals surface area (Å²) in [6.45, 7) is 8.32. The van der Waals surface area contributed by atoms with Gasteiger partial charge in [-0.3, -0.25) is 4.90 Å². The molecule has 3 aromatic rings. The number of ether oxygens (including phenoxy) is 3. The number of aromatic nitrogens is 1. The Hall–Kier alpha value is -3.58. The Morgan fingerprint density at radius 2 is 1.71 bits per heavy atom. The van der Waals surface area contributed by atoms with E-state index < -0.39 is 0 Å². The van der Waals surface area contributed by atoms with Crippen LogP contribution < -0.4 is 14.4 Å². The molecule has 0 radical (unpaired) electrons. The molecule has 0 atom stereocenters. The van der Waals surface area contributed by atoms with Crippen LogP contribution in [-0.2, 0) is 17.9 Å². The maximum Gasteiger partial charge on any atom is 0.342 e. The van der Waals surface area contributed by atoms with Crippen LogP contribution in [0.3, 0.4) is 0 Å². The minimum absolute atomic E-state index is 0.167. The lowest BCUT2D eigenvalue weighted by molar-refractivity contribution is 0.0378. The van der Waals surface area contributed by atoms with Gasteiger partial charge in [0.05, 0.1) is 13.2 Å². The van der Waals surface area contributed by atoms with Gasteiger partial charge in [0.25, 0.3) is 0 Å². The summed E-state index contributed by atoms with van der Waals surface area (Å²) in [7, 11) is 1.67. The van der Waals surface area contributed by atoms with Gasteiger partial charge in [0.1, 0.15) is 18.0 Å². The van der Waals surface area contributed by atoms with E-state index in [-0.39, 0.29) is 12.1 Å². The zero-order valence-corrected chi connectivity index (χ0v) is 20.6. The lowest BCUT2D eigenvalue weighted by Gasteiger charge is -2.36. The molecule has 7 nitrogen and oxygen atoms in total. The quantitative estimate of drug-likeness (QED) is 0.421. The van der Waals surface area contributed by atoms with Gasteiger partial charge in [-0.1, -0.05) is 36.4 Å². The molecule has 0 bridgehead atoms. The number of anilines is 1. The molecule has 35 heavy (non-hydrogen) atoms. The number of esters is 1. The summed E-state index contributed by atoms with van der Waals surface area (Å²) in [5.41, 5.74) is 2.80. The lowest BCUT2D eigenvalue weighted by Crippen LogP contribution is -2.46. The number of carbonyl (C=O) groups excluding carboxylic acids is 1. The predicted octanol–water partition coefficient (Wildman–Crippen LogP) is 4.56. The average Bonchev–Trinajstić information content (AvgIpc) is 2.88. The summed E-state index contributed by atoms with van der Waals surface area (Å²) in [6, 6.07) is 19.8. The van der Waals surface area contributed by atoms with Crippen molar-refractivity contribution < 1.29 is 19.0 Å². The Morgan fingerprint density at radius 3 is 2.43 bits per heavy atom. The van der Waals surface area contributed by atoms with E-state index >= 15 is 0 Å². The number of benzene rings is 2. The second-order valence-corrected chi connectivity index (χ2v) is 8.85. The first-order valence-electron chi connectivity index (χ1n) is 12.0. The molecule has 2 aromatic carbocycles. The Balaban J connectivity index is 1.35. The monoisotopic (exact) mass is 475 g/mol. The van der Waals surface area contributed by atoms with Crippen LogP contribution in [0.25, 0.3) is 0 Å². The first kappa shape index (κ1) is 24.5. The number of rotatable bonds is 9. The maximum absolute atomic E-state index is 12.5. The zero-order chi connectivity index (χ0) is 24.6. The lowest BCUT2D eigenvalue weighted by atomic mass is 10.1. The topological polar surface area (TPSA) is 64.1 Å². The summed E-state index contributed by atoms with van der Waals surface area (Å²) in [5, 5.41) is 0. The Morgan fingerprint density at radius 1 is 0.943 bits per heavy atom. The third-order valence-electron chi connectivity index (χ3n) is 5.89. The van der Waals surface area contributed by atoms with Crippen LogP contribution in [0.4, 0.5) is 5.82 Å². The Kier molecular flexibility index (Phi) is 8.21. The third-order valence-corrected chi connectivity index (χ3v) is 5.89. The van der Waals surface area contributed by atoms with Crippen LogP contribution in [0, 0.1) is 0 Å². The molecule has 0 spiro atoms. The van der Waals surface area contributed by atoms with E-state index in [2.05, 4.69) is 20.9 Å². The van der Waals surface area contributed by atoms with E-state index in [0.29, 0.717) is 18.0 Å². The maximum atomic E-state index is 12.5. The molecule has 0 N–H and O–H groups in total. The van der Waals surface area contributed by atoms with Gasteiger partial charge in [-0.05, 0) is 49.2 Å². The highest BCUT2D eigenvalue weighted by molar-refractivity contribution is 5.94. The van der Waals surface area contributed by atoms with Crippen molar-refractivity contribution in [3.8, 4) is 11.5 Å². The van der Waals surface area contributed by atoms with Crippen LogP contribution in [0.15, 0.2) is 66.9 Å². The fourth-order valence-corrected chi connectivity index (χ4v) is 4.13. The number of hydrogen-bond acceptors (Lipinski definition) is 7. The van der Waals surface area contributed by atoms with Crippen LogP contribution in [0.1, 0.15) is 35.3 Å². The Bertz CT molecular complexity index is 1110. The standard InChI is InChI=1S/C28H33N3O4/c1-21(2)35-28(32)24-10-7-13-29-27(24)31-16-14-30(15-17-31)19-23-11-12-25(26(18-23)33-3)34-20-22-8-5-4-6-9-22/h4-13,18,21H,14-17,19-20H2,1-3H3. The van der Waals surface area contributed by atoms with Crippen LogP contribution in [0.2, 0.25) is 0 Å². The molecule has 0 unspecified atom stereocenters. The molecule has 1 aliphatic rings. The molecule has 0 saturated carbocycles. The van der Waals surface area contributed by atoms with Crippen LogP contribution in [-0.4, -0.2) is 55.2 Å². The fraction of sp³-hybridized carbons (Fsp3) is 0.357. The number of methoxy groups -OCH3 is 1. The predicted molar refractivity (Wildman–Crippen MR) is 136 cm³/mol. The van der Waals surface area contributed by atoms with Gasteiger partial charge in [0.15, 0.2) is 11.5 Å². The number of carbonyl (C=O) groups is 1. The van der Waals surface area contributed by atoms with Crippen molar-refractivity contribution in [2.45, 2.75) is 33.1 Å². The summed E-state index contributed by atoms with van der Waals surface area (Å²) in [6.07, 6.45) is 1.56. The second-order valence-electron chi connectivity index (χ2n) is 8.85. The first-order chi connectivity index (χ1) is 17.0. The van der Waals surface area contributed by atoms with Crippen molar-refractivity contribution in [3.63, 3.8) is 0 Å². The molecule has 1 aromatic heterocycles. The first-order valence-corrected chi connectivity index (χ1v) is 12.0. The zero-order valence-electron chi connectivity index (χ0n) is 20.6. The van der Waals surface area contributed by atoms with Gasteiger partial charge in [0.2, 0.25) is 0 Å². The minimum Gasteiger partial charge on any atom is -0.493 e. The van der Waals surface area contributed by atoms with Crippen molar-refractivity contribution in [1.82, 2.24) is 9.88 Å². The van der Waals surface area contributed by atoms with Crippen molar-refractivity contribution in [3.05, 3.63) is 83.6 Å². The van der Waals surface area contributed by atoms with E-state index in [0.717, 1.165) is 49.8 Å². The molecule has 1 fully saturated rings. The molecule has 1 saturated heterocycles. The number of nitrogens with zero attached hydrogens (tertiary/aromatic N) is 3. The van der Waals surface area contributed by atoms with Crippen molar-refractivity contribution in [2.24, 2.45) is 0 Å². The number of pyridine rings is 1. The smallest absolute Gasteiger partial charge is 0.342 e. The van der Waals surface area contributed by atoms with Crippen molar-refractivity contribution in [1.29, 1.82) is 0 Å². The molecular weight excluding hydrogens is 442 g/mol. The largest absolute Gasteiger partial charge is 0.493 e. The molecule has 184 valence electrons. The highest BCUT2D eigenvalue weighted by Crippen LogP contribution is 2.30. The molecule has 4 rings (SSSR count). The van der Waals surface area contributed by atoms with E-state index in [1.54, 1.807) is 25.4 Å². The molecule has 7 heteroatoms. The summed E-state index contributed by atoms with van der Waals surface area (Å²) < 4.78 is 17.0. The van der Waals surface area contributed by atoms with Crippen LogP contribution in [0.5, 0.6) is 11.5 Å². The highest BCUT2D eigenvalue weighted by Gasteiger charge is 2.24. The van der Waals surface area contributed by atoms with Gasteiger partial charge < -0.3 is 19.1 Å². The highest BCUT2D eigenvalue weighted by atomic mass is 16.5. The van der Waals surface area contributed by atoms with Crippen LogP contribution >= 0.6 is 0 Å². The third kappa shape index (κ3) is 6.51. The Labute approximate surface area is 207 Å². The molecule has 0 aliphatic carbocycles. The minimum atomic E-state index is -0.327. The van der Waals surface area contributed by atoms with Gasteiger partial charge in [-0.15, -0.1) is 0 Å². The van der Waals surface area contributed by atoms with E-state index in [1.807, 2.05) is 56.3 Å². The van der Waals surface area contributed by atoms with Gasteiger partial charge in [-0.2, -0.15) is 0 Å².